The molecule has 2 rings (SSSR count). The largest absolute Gasteiger partial charge is 0.391 e. The van der Waals surface area contributed by atoms with Crippen LogP contribution in [0.15, 0.2) is 54.6 Å². The van der Waals surface area contributed by atoms with Crippen molar-refractivity contribution in [2.45, 2.75) is 19.1 Å². The van der Waals surface area contributed by atoms with Crippen molar-refractivity contribution in [3.63, 3.8) is 0 Å². The van der Waals surface area contributed by atoms with Crippen molar-refractivity contribution < 1.29 is 19.8 Å². The summed E-state index contributed by atoms with van der Waals surface area (Å²) in [7, 11) is 1.44. The fraction of sp³-hybridized carbons (Fsp3) is 0.263. The topological polar surface area (TPSA) is 77.8 Å². The lowest BCUT2D eigenvalue weighted by Gasteiger charge is -2.28. The first-order chi connectivity index (χ1) is 11.5. The lowest BCUT2D eigenvalue weighted by Crippen LogP contribution is -2.49. The molecule has 0 fully saturated rings. The van der Waals surface area contributed by atoms with Gasteiger partial charge in [0.05, 0.1) is 6.10 Å². The van der Waals surface area contributed by atoms with Crippen molar-refractivity contribution in [3.8, 4) is 11.1 Å². The predicted molar refractivity (Wildman–Crippen MR) is 91.5 cm³/mol. The summed E-state index contributed by atoms with van der Waals surface area (Å²) in [6, 6.07) is 15.7. The molecule has 0 aromatic heterocycles. The molecular formula is C19H21NO4. The number of likely N-dealkylation sites (N-methyl/N-ethyl adjacent to an activating group) is 1. The number of ketones is 1. The Morgan fingerprint density at radius 2 is 1.54 bits per heavy atom. The van der Waals surface area contributed by atoms with E-state index in [0.29, 0.717) is 5.56 Å². The molecule has 0 heterocycles. The van der Waals surface area contributed by atoms with Gasteiger partial charge in [-0.2, -0.15) is 0 Å². The van der Waals surface area contributed by atoms with Gasteiger partial charge in [0.2, 0.25) is 0 Å². The summed E-state index contributed by atoms with van der Waals surface area (Å²) in [5, 5.41) is 18.8. The quantitative estimate of drug-likeness (QED) is 0.847. The van der Waals surface area contributed by atoms with Crippen molar-refractivity contribution in [1.29, 1.82) is 0 Å². The number of rotatable bonds is 6. The molecule has 0 aliphatic rings. The molecule has 2 aromatic rings. The van der Waals surface area contributed by atoms with Crippen molar-refractivity contribution >= 4 is 11.7 Å². The van der Waals surface area contributed by atoms with Crippen LogP contribution in [0.2, 0.25) is 0 Å². The fourth-order valence-corrected chi connectivity index (χ4v) is 2.67. The number of hydrogen-bond donors (Lipinski definition) is 2. The minimum Gasteiger partial charge on any atom is -0.391 e. The first-order valence-electron chi connectivity index (χ1n) is 7.70. The van der Waals surface area contributed by atoms with Crippen LogP contribution >= 0.6 is 0 Å². The smallest absolute Gasteiger partial charge is 0.254 e. The molecule has 1 amide bonds. The van der Waals surface area contributed by atoms with Crippen LogP contribution in [0.25, 0.3) is 11.1 Å². The van der Waals surface area contributed by atoms with Gasteiger partial charge in [-0.3, -0.25) is 9.59 Å². The monoisotopic (exact) mass is 327 g/mol. The number of carbonyl (C=O) groups excluding carboxylic acids is 2. The molecule has 2 N–H and O–H groups in total. The van der Waals surface area contributed by atoms with Gasteiger partial charge in [-0.05, 0) is 30.2 Å². The Hall–Kier alpha value is -2.50. The molecule has 24 heavy (non-hydrogen) atoms. The van der Waals surface area contributed by atoms with Gasteiger partial charge in [-0.15, -0.1) is 0 Å². The SMILES string of the molecule is C[C@@H](O)[C@@H](C(=O)CO)N(C)C(=O)c1ccc(-c2ccccc2)cc1. The number of amides is 1. The fourth-order valence-electron chi connectivity index (χ4n) is 2.67. The van der Waals surface area contributed by atoms with E-state index in [2.05, 4.69) is 0 Å². The number of carbonyl (C=O) groups is 2. The number of aliphatic hydroxyl groups is 2. The van der Waals surface area contributed by atoms with E-state index in [9.17, 15) is 14.7 Å². The lowest BCUT2D eigenvalue weighted by molar-refractivity contribution is -0.129. The molecule has 0 bridgehead atoms. The molecule has 0 aliphatic carbocycles. The summed E-state index contributed by atoms with van der Waals surface area (Å²) in [5.74, 6) is -0.982. The van der Waals surface area contributed by atoms with Crippen LogP contribution in [0, 0.1) is 0 Å². The second-order valence-electron chi connectivity index (χ2n) is 5.67. The summed E-state index contributed by atoms with van der Waals surface area (Å²) < 4.78 is 0. The van der Waals surface area contributed by atoms with Crippen LogP contribution in [0.4, 0.5) is 0 Å². The van der Waals surface area contributed by atoms with Crippen LogP contribution in [0.1, 0.15) is 17.3 Å². The average molecular weight is 327 g/mol. The minimum absolute atomic E-state index is 0.387. The van der Waals surface area contributed by atoms with Gasteiger partial charge in [0.1, 0.15) is 12.6 Å². The van der Waals surface area contributed by atoms with Gasteiger partial charge in [0.15, 0.2) is 5.78 Å². The van der Waals surface area contributed by atoms with Gasteiger partial charge >= 0.3 is 0 Å². The van der Waals surface area contributed by atoms with Crippen molar-refractivity contribution in [1.82, 2.24) is 4.90 Å². The molecule has 5 heteroatoms. The second-order valence-corrected chi connectivity index (χ2v) is 5.67. The highest BCUT2D eigenvalue weighted by Crippen LogP contribution is 2.20. The van der Waals surface area contributed by atoms with E-state index in [-0.39, 0.29) is 5.91 Å². The molecular weight excluding hydrogens is 306 g/mol. The third kappa shape index (κ3) is 3.88. The summed E-state index contributed by atoms with van der Waals surface area (Å²) in [5.41, 5.74) is 2.43. The standard InChI is InChI=1S/C19H21NO4/c1-13(22)18(17(23)12-21)20(2)19(24)16-10-8-15(9-11-16)14-6-4-3-5-7-14/h3-11,13,18,21-22H,12H2,1-2H3/t13-,18+/m1/s1. The third-order valence-corrected chi connectivity index (χ3v) is 3.92. The maximum absolute atomic E-state index is 12.5. The van der Waals surface area contributed by atoms with Gasteiger partial charge in [0, 0.05) is 12.6 Å². The molecule has 0 spiro atoms. The van der Waals surface area contributed by atoms with Crippen LogP contribution < -0.4 is 0 Å². The van der Waals surface area contributed by atoms with Crippen LogP contribution in [0.5, 0.6) is 0 Å². The molecule has 2 atom stereocenters. The van der Waals surface area contributed by atoms with E-state index in [1.165, 1.54) is 18.9 Å². The van der Waals surface area contributed by atoms with E-state index < -0.39 is 24.5 Å². The number of nitrogens with zero attached hydrogens (tertiary/aromatic N) is 1. The molecule has 0 saturated carbocycles. The number of aliphatic hydroxyl groups excluding tert-OH is 2. The lowest BCUT2D eigenvalue weighted by atomic mass is 10.0. The Balaban J connectivity index is 2.21. The number of hydrogen-bond acceptors (Lipinski definition) is 4. The van der Waals surface area contributed by atoms with Crippen LogP contribution in [-0.2, 0) is 4.79 Å². The zero-order valence-electron chi connectivity index (χ0n) is 13.7. The van der Waals surface area contributed by atoms with Gasteiger partial charge in [-0.1, -0.05) is 42.5 Å². The summed E-state index contributed by atoms with van der Waals surface area (Å²) in [6.45, 7) is 0.695. The Kier molecular flexibility index (Phi) is 5.84. The van der Waals surface area contributed by atoms with E-state index in [4.69, 9.17) is 5.11 Å². The van der Waals surface area contributed by atoms with Crippen molar-refractivity contribution in [2.24, 2.45) is 0 Å². The van der Waals surface area contributed by atoms with Crippen molar-refractivity contribution in [2.75, 3.05) is 13.7 Å². The van der Waals surface area contributed by atoms with Gasteiger partial charge in [-0.25, -0.2) is 0 Å². The summed E-state index contributed by atoms with van der Waals surface area (Å²) in [4.78, 5) is 25.5. The maximum Gasteiger partial charge on any atom is 0.254 e. The summed E-state index contributed by atoms with van der Waals surface area (Å²) in [6.07, 6.45) is -1.07. The first-order valence-corrected chi connectivity index (χ1v) is 7.70. The van der Waals surface area contributed by atoms with E-state index in [1.54, 1.807) is 12.1 Å². The molecule has 0 radical (unpaired) electrons. The Labute approximate surface area is 141 Å². The Morgan fingerprint density at radius 1 is 1.00 bits per heavy atom. The minimum atomic E-state index is -1.07. The molecule has 0 unspecified atom stereocenters. The van der Waals surface area contributed by atoms with Crippen LogP contribution in [-0.4, -0.2) is 52.6 Å². The predicted octanol–water partition coefficient (Wildman–Crippen LogP) is 1.74. The van der Waals surface area contributed by atoms with E-state index in [1.807, 2.05) is 42.5 Å². The summed E-state index contributed by atoms with van der Waals surface area (Å²) >= 11 is 0. The number of Topliss-reactive ketones (excluding diaryl/α,β-unsaturated/α-hetero) is 1. The molecule has 5 nitrogen and oxygen atoms in total. The second kappa shape index (κ2) is 7.86. The first kappa shape index (κ1) is 17.8. The third-order valence-electron chi connectivity index (χ3n) is 3.92. The highest BCUT2D eigenvalue weighted by molar-refractivity contribution is 5.98. The Bertz CT molecular complexity index is 695. The molecule has 2 aromatic carbocycles. The van der Waals surface area contributed by atoms with Crippen molar-refractivity contribution in [3.05, 3.63) is 60.2 Å². The average Bonchev–Trinajstić information content (AvgIpc) is 2.61. The highest BCUT2D eigenvalue weighted by Gasteiger charge is 2.30. The highest BCUT2D eigenvalue weighted by atomic mass is 16.3. The van der Waals surface area contributed by atoms with Gasteiger partial charge in [0.25, 0.3) is 5.91 Å². The van der Waals surface area contributed by atoms with Crippen LogP contribution in [0.3, 0.4) is 0 Å². The zero-order chi connectivity index (χ0) is 17.7. The molecule has 0 saturated heterocycles. The maximum atomic E-state index is 12.5. The Morgan fingerprint density at radius 3 is 2.04 bits per heavy atom. The molecule has 126 valence electrons. The zero-order valence-corrected chi connectivity index (χ0v) is 13.7. The molecule has 0 aliphatic heterocycles. The van der Waals surface area contributed by atoms with E-state index >= 15 is 0 Å². The number of benzene rings is 2. The van der Waals surface area contributed by atoms with Gasteiger partial charge < -0.3 is 15.1 Å². The van der Waals surface area contributed by atoms with E-state index in [0.717, 1.165) is 11.1 Å². The normalized spacial score (nSPS) is 13.2.